The first kappa shape index (κ1) is 16.4. The molecule has 1 heterocycles. The van der Waals surface area contributed by atoms with Crippen molar-refractivity contribution in [1.82, 2.24) is 9.78 Å². The van der Waals surface area contributed by atoms with Crippen LogP contribution in [0.4, 0.5) is 0 Å². The molecule has 0 saturated carbocycles. The number of alkyl halides is 1. The molecule has 3 nitrogen and oxygen atoms in total. The highest BCUT2D eigenvalue weighted by atomic mass is 79.9. The van der Waals surface area contributed by atoms with Gasteiger partial charge in [0.2, 0.25) is 0 Å². The average Bonchev–Trinajstić information content (AvgIpc) is 2.73. The number of hydrogen-bond acceptors (Lipinski definition) is 2. The summed E-state index contributed by atoms with van der Waals surface area (Å²) < 4.78 is 7.02. The Bertz CT molecular complexity index is 612. The minimum atomic E-state index is 0.470. The summed E-state index contributed by atoms with van der Waals surface area (Å²) in [6.07, 6.45) is 1.90. The maximum Gasteiger partial charge on any atom is 0.130 e. The van der Waals surface area contributed by atoms with Gasteiger partial charge >= 0.3 is 0 Å². The van der Waals surface area contributed by atoms with E-state index in [4.69, 9.17) is 16.3 Å². The Morgan fingerprint density at radius 1 is 1.38 bits per heavy atom. The molecule has 0 aliphatic rings. The first-order chi connectivity index (χ1) is 10.0. The molecule has 1 unspecified atom stereocenters. The van der Waals surface area contributed by atoms with Crippen molar-refractivity contribution in [3.05, 3.63) is 46.2 Å². The van der Waals surface area contributed by atoms with E-state index in [-0.39, 0.29) is 0 Å². The van der Waals surface area contributed by atoms with Gasteiger partial charge in [0.15, 0.2) is 0 Å². The molecular weight excluding hydrogens is 352 g/mol. The van der Waals surface area contributed by atoms with Crippen LogP contribution < -0.4 is 4.74 Å². The number of aromatic nitrogens is 2. The summed E-state index contributed by atoms with van der Waals surface area (Å²) >= 11 is 9.95. The van der Waals surface area contributed by atoms with Gasteiger partial charge in [-0.25, -0.2) is 0 Å². The first-order valence-corrected chi connectivity index (χ1v) is 8.42. The van der Waals surface area contributed by atoms with Crippen LogP contribution >= 0.6 is 27.5 Å². The van der Waals surface area contributed by atoms with Crippen LogP contribution in [0.1, 0.15) is 16.8 Å². The lowest BCUT2D eigenvalue weighted by Gasteiger charge is -2.15. The van der Waals surface area contributed by atoms with E-state index in [1.165, 1.54) is 5.56 Å². The minimum absolute atomic E-state index is 0.470. The van der Waals surface area contributed by atoms with Gasteiger partial charge in [-0.15, -0.1) is 0 Å². The number of aryl methyl sites for hydroxylation is 2. The quantitative estimate of drug-likeness (QED) is 0.712. The zero-order chi connectivity index (χ0) is 15.4. The van der Waals surface area contributed by atoms with Gasteiger partial charge < -0.3 is 4.74 Å². The third-order valence-corrected chi connectivity index (χ3v) is 5.03. The summed E-state index contributed by atoms with van der Waals surface area (Å²) in [7, 11) is 3.57. The maximum absolute atomic E-state index is 6.33. The number of methoxy groups -OCH3 is 1. The number of nitrogens with zero attached hydrogens (tertiary/aromatic N) is 2. The molecule has 21 heavy (non-hydrogen) atoms. The highest BCUT2D eigenvalue weighted by Crippen LogP contribution is 2.25. The molecule has 0 spiro atoms. The molecule has 0 aliphatic carbocycles. The minimum Gasteiger partial charge on any atom is -0.497 e. The highest BCUT2D eigenvalue weighted by Gasteiger charge is 2.17. The van der Waals surface area contributed by atoms with Crippen LogP contribution in [-0.2, 0) is 19.9 Å². The van der Waals surface area contributed by atoms with Crippen molar-refractivity contribution in [1.29, 1.82) is 0 Å². The van der Waals surface area contributed by atoms with Crippen LogP contribution in [0.2, 0.25) is 5.15 Å². The van der Waals surface area contributed by atoms with E-state index in [0.717, 1.165) is 40.3 Å². The van der Waals surface area contributed by atoms with Crippen molar-refractivity contribution in [2.75, 3.05) is 12.4 Å². The number of ether oxygens (including phenoxy) is 1. The molecular formula is C16H20BrClN2O. The summed E-state index contributed by atoms with van der Waals surface area (Å²) in [6.45, 7) is 2.01. The third kappa shape index (κ3) is 4.01. The van der Waals surface area contributed by atoms with E-state index >= 15 is 0 Å². The molecule has 0 bridgehead atoms. The van der Waals surface area contributed by atoms with E-state index in [9.17, 15) is 0 Å². The van der Waals surface area contributed by atoms with Crippen molar-refractivity contribution >= 4 is 27.5 Å². The van der Waals surface area contributed by atoms with E-state index in [0.29, 0.717) is 5.92 Å². The monoisotopic (exact) mass is 370 g/mol. The van der Waals surface area contributed by atoms with E-state index in [1.54, 1.807) is 11.8 Å². The zero-order valence-electron chi connectivity index (χ0n) is 12.6. The van der Waals surface area contributed by atoms with E-state index in [1.807, 2.05) is 26.1 Å². The Hall–Kier alpha value is -1.00. The zero-order valence-corrected chi connectivity index (χ0v) is 14.9. The first-order valence-electron chi connectivity index (χ1n) is 6.92. The Morgan fingerprint density at radius 3 is 2.71 bits per heavy atom. The van der Waals surface area contributed by atoms with Crippen molar-refractivity contribution in [3.63, 3.8) is 0 Å². The number of benzene rings is 1. The molecule has 0 radical (unpaired) electrons. The normalized spacial score (nSPS) is 12.4. The molecule has 0 N–H and O–H groups in total. The summed E-state index contributed by atoms with van der Waals surface area (Å²) in [5.74, 6) is 1.37. The van der Waals surface area contributed by atoms with Crippen LogP contribution in [0.25, 0.3) is 0 Å². The Balaban J connectivity index is 2.13. The van der Waals surface area contributed by atoms with Gasteiger partial charge in [-0.2, -0.15) is 5.10 Å². The molecule has 1 aromatic carbocycles. The molecule has 0 amide bonds. The lowest BCUT2D eigenvalue weighted by atomic mass is 9.94. The number of rotatable bonds is 6. The van der Waals surface area contributed by atoms with Gasteiger partial charge in [-0.3, -0.25) is 4.68 Å². The van der Waals surface area contributed by atoms with E-state index in [2.05, 4.69) is 33.2 Å². The molecule has 0 aliphatic heterocycles. The second-order valence-electron chi connectivity index (χ2n) is 5.26. The van der Waals surface area contributed by atoms with E-state index < -0.39 is 0 Å². The molecule has 1 atom stereocenters. The topological polar surface area (TPSA) is 27.1 Å². The van der Waals surface area contributed by atoms with Crippen molar-refractivity contribution in [2.45, 2.75) is 19.8 Å². The molecule has 114 valence electrons. The smallest absolute Gasteiger partial charge is 0.130 e. The predicted octanol–water partition coefficient (Wildman–Crippen LogP) is 4.19. The second kappa shape index (κ2) is 7.32. The summed E-state index contributed by atoms with van der Waals surface area (Å²) in [5.41, 5.74) is 3.43. The fourth-order valence-corrected chi connectivity index (χ4v) is 3.22. The highest BCUT2D eigenvalue weighted by molar-refractivity contribution is 9.09. The SMILES string of the molecule is COc1cccc(CC(CBr)Cc2c(C)nn(C)c2Cl)c1. The van der Waals surface area contributed by atoms with Crippen LogP contribution in [0, 0.1) is 12.8 Å². The van der Waals surface area contributed by atoms with Crippen LogP contribution in [0.5, 0.6) is 5.75 Å². The Labute approximate surface area is 139 Å². The predicted molar refractivity (Wildman–Crippen MR) is 90.6 cm³/mol. The van der Waals surface area contributed by atoms with Gasteiger partial charge in [0.05, 0.1) is 12.8 Å². The maximum atomic E-state index is 6.33. The molecule has 0 fully saturated rings. The van der Waals surface area contributed by atoms with Gasteiger partial charge in [-0.1, -0.05) is 39.7 Å². The molecule has 2 rings (SSSR count). The standard InChI is InChI=1S/C16H20BrClN2O/c1-11-15(16(18)20(2)19-11)9-13(10-17)7-12-5-4-6-14(8-12)21-3/h4-6,8,13H,7,9-10H2,1-3H3. The summed E-state index contributed by atoms with van der Waals surface area (Å²) in [6, 6.07) is 8.22. The fourth-order valence-electron chi connectivity index (χ4n) is 2.51. The van der Waals surface area contributed by atoms with Crippen LogP contribution in [0.3, 0.4) is 0 Å². The number of halogens is 2. The molecule has 1 aromatic heterocycles. The van der Waals surface area contributed by atoms with Crippen molar-refractivity contribution < 1.29 is 4.74 Å². The lowest BCUT2D eigenvalue weighted by Crippen LogP contribution is -2.10. The van der Waals surface area contributed by atoms with Gasteiger partial charge in [-0.05, 0) is 43.4 Å². The lowest BCUT2D eigenvalue weighted by molar-refractivity contribution is 0.414. The third-order valence-electron chi connectivity index (χ3n) is 3.64. The number of hydrogen-bond donors (Lipinski definition) is 0. The Morgan fingerprint density at radius 2 is 2.14 bits per heavy atom. The van der Waals surface area contributed by atoms with Crippen molar-refractivity contribution in [3.8, 4) is 5.75 Å². The molecule has 0 saturated heterocycles. The molecule has 2 aromatic rings. The average molecular weight is 372 g/mol. The fraction of sp³-hybridized carbons (Fsp3) is 0.438. The molecule has 5 heteroatoms. The largest absolute Gasteiger partial charge is 0.497 e. The summed E-state index contributed by atoms with van der Waals surface area (Å²) in [4.78, 5) is 0. The van der Waals surface area contributed by atoms with Gasteiger partial charge in [0.25, 0.3) is 0 Å². The van der Waals surface area contributed by atoms with Gasteiger partial charge in [0, 0.05) is 17.9 Å². The van der Waals surface area contributed by atoms with Crippen molar-refractivity contribution in [2.24, 2.45) is 13.0 Å². The van der Waals surface area contributed by atoms with Crippen LogP contribution in [-0.4, -0.2) is 22.2 Å². The van der Waals surface area contributed by atoms with Crippen LogP contribution in [0.15, 0.2) is 24.3 Å². The second-order valence-corrected chi connectivity index (χ2v) is 6.26. The Kier molecular flexibility index (Phi) is 5.71. The summed E-state index contributed by atoms with van der Waals surface area (Å²) in [5, 5.41) is 6.05. The van der Waals surface area contributed by atoms with Gasteiger partial charge in [0.1, 0.15) is 10.9 Å².